The van der Waals surface area contributed by atoms with Gasteiger partial charge in [0.1, 0.15) is 0 Å². The third kappa shape index (κ3) is 2.94. The zero-order valence-electron chi connectivity index (χ0n) is 13.1. The Hall–Kier alpha value is -3.27. The fourth-order valence-electron chi connectivity index (χ4n) is 2.67. The summed E-state index contributed by atoms with van der Waals surface area (Å²) < 4.78 is 5.08. The van der Waals surface area contributed by atoms with E-state index in [2.05, 4.69) is 0 Å². The fraction of sp³-hybridized carbons (Fsp3) is 0.0500. The Labute approximate surface area is 139 Å². The summed E-state index contributed by atoms with van der Waals surface area (Å²) in [5.41, 5.74) is 1.46. The highest BCUT2D eigenvalue weighted by Crippen LogP contribution is 2.30. The van der Waals surface area contributed by atoms with E-state index in [1.807, 2.05) is 36.4 Å². The van der Waals surface area contributed by atoms with Crippen molar-refractivity contribution in [2.75, 3.05) is 7.11 Å². The molecule has 0 aliphatic rings. The van der Waals surface area contributed by atoms with E-state index in [1.165, 1.54) is 13.2 Å². The molecular formula is C20H16O4. The molecule has 0 unspecified atom stereocenters. The number of aromatic hydroxyl groups is 1. The molecule has 0 aliphatic carbocycles. The van der Waals surface area contributed by atoms with Gasteiger partial charge >= 0.3 is 5.97 Å². The quantitative estimate of drug-likeness (QED) is 0.559. The molecule has 120 valence electrons. The maximum Gasteiger partial charge on any atom is 0.336 e. The van der Waals surface area contributed by atoms with Crippen LogP contribution < -0.4 is 4.74 Å². The van der Waals surface area contributed by atoms with Crippen LogP contribution in [0.3, 0.4) is 0 Å². The zero-order chi connectivity index (χ0) is 17.1. The number of methoxy groups -OCH3 is 1. The Morgan fingerprint density at radius 2 is 1.79 bits per heavy atom. The number of carbonyl (C=O) groups is 1. The van der Waals surface area contributed by atoms with Gasteiger partial charge in [0, 0.05) is 0 Å². The van der Waals surface area contributed by atoms with E-state index in [0.29, 0.717) is 16.9 Å². The molecule has 4 heteroatoms. The molecule has 24 heavy (non-hydrogen) atoms. The molecule has 0 aliphatic heterocycles. The van der Waals surface area contributed by atoms with Gasteiger partial charge in [0.05, 0.1) is 12.7 Å². The minimum absolute atomic E-state index is 0.0108. The number of phenols is 1. The number of fused-ring (bicyclic) bond motifs is 1. The number of aliphatic carboxylic acids is 1. The molecule has 0 heterocycles. The van der Waals surface area contributed by atoms with Gasteiger partial charge in [-0.25, -0.2) is 4.79 Å². The van der Waals surface area contributed by atoms with Gasteiger partial charge < -0.3 is 14.9 Å². The normalized spacial score (nSPS) is 11.5. The number of phenolic OH excluding ortho intramolecular Hbond substituents is 1. The Morgan fingerprint density at radius 3 is 2.54 bits per heavy atom. The second kappa shape index (κ2) is 6.46. The van der Waals surface area contributed by atoms with Crippen molar-refractivity contribution in [2.45, 2.75) is 0 Å². The summed E-state index contributed by atoms with van der Waals surface area (Å²) in [6.45, 7) is 0. The van der Waals surface area contributed by atoms with Gasteiger partial charge in [0.15, 0.2) is 11.5 Å². The van der Waals surface area contributed by atoms with Crippen molar-refractivity contribution in [3.63, 3.8) is 0 Å². The van der Waals surface area contributed by atoms with Crippen LogP contribution in [0.5, 0.6) is 11.5 Å². The molecule has 0 spiro atoms. The second-order valence-electron chi connectivity index (χ2n) is 5.32. The first-order chi connectivity index (χ1) is 11.6. The Balaban J connectivity index is 2.18. The summed E-state index contributed by atoms with van der Waals surface area (Å²) in [5.74, 6) is -0.707. The molecule has 0 saturated heterocycles. The number of ether oxygens (including phenoxy) is 1. The van der Waals surface area contributed by atoms with Crippen LogP contribution in [0.25, 0.3) is 22.4 Å². The standard InChI is InChI=1S/C20H16O4/c1-24-19-12-13(9-10-18(19)21)11-17(20(22)23)16-8-4-6-14-5-2-3-7-15(14)16/h2-12,21H,1H3,(H,22,23). The van der Waals surface area contributed by atoms with Gasteiger partial charge in [0.2, 0.25) is 0 Å². The predicted octanol–water partition coefficient (Wildman–Crippen LogP) is 4.18. The molecule has 4 nitrogen and oxygen atoms in total. The van der Waals surface area contributed by atoms with Gasteiger partial charge in [-0.15, -0.1) is 0 Å². The lowest BCUT2D eigenvalue weighted by Crippen LogP contribution is -2.00. The molecule has 0 saturated carbocycles. The van der Waals surface area contributed by atoms with Crippen molar-refractivity contribution >= 4 is 28.4 Å². The largest absolute Gasteiger partial charge is 0.504 e. The number of hydrogen-bond donors (Lipinski definition) is 2. The van der Waals surface area contributed by atoms with E-state index in [4.69, 9.17) is 4.74 Å². The molecule has 0 aromatic heterocycles. The molecule has 3 aromatic carbocycles. The fourth-order valence-corrected chi connectivity index (χ4v) is 2.67. The van der Waals surface area contributed by atoms with Crippen molar-refractivity contribution < 1.29 is 19.7 Å². The zero-order valence-corrected chi connectivity index (χ0v) is 13.1. The highest BCUT2D eigenvalue weighted by molar-refractivity contribution is 6.23. The summed E-state index contributed by atoms with van der Waals surface area (Å²) in [7, 11) is 1.45. The smallest absolute Gasteiger partial charge is 0.336 e. The van der Waals surface area contributed by atoms with Crippen LogP contribution in [0.2, 0.25) is 0 Å². The summed E-state index contributed by atoms with van der Waals surface area (Å²) in [6, 6.07) is 18.0. The average Bonchev–Trinajstić information content (AvgIpc) is 2.60. The summed E-state index contributed by atoms with van der Waals surface area (Å²) in [5, 5.41) is 21.2. The highest BCUT2D eigenvalue weighted by Gasteiger charge is 2.14. The lowest BCUT2D eigenvalue weighted by molar-refractivity contribution is -0.130. The van der Waals surface area contributed by atoms with E-state index < -0.39 is 5.97 Å². The minimum atomic E-state index is -1.02. The molecule has 3 rings (SSSR count). The van der Waals surface area contributed by atoms with Gasteiger partial charge in [-0.1, -0.05) is 48.5 Å². The maximum absolute atomic E-state index is 11.8. The number of carboxylic acid groups (broad SMARTS) is 1. The third-order valence-electron chi connectivity index (χ3n) is 3.82. The van der Waals surface area contributed by atoms with Crippen LogP contribution in [-0.4, -0.2) is 23.3 Å². The van der Waals surface area contributed by atoms with Crippen LogP contribution in [-0.2, 0) is 4.79 Å². The maximum atomic E-state index is 11.8. The van der Waals surface area contributed by atoms with E-state index >= 15 is 0 Å². The average molecular weight is 320 g/mol. The van der Waals surface area contributed by atoms with Crippen molar-refractivity contribution in [2.24, 2.45) is 0 Å². The molecule has 0 fully saturated rings. The monoisotopic (exact) mass is 320 g/mol. The Kier molecular flexibility index (Phi) is 4.20. The lowest BCUT2D eigenvalue weighted by atomic mass is 9.96. The lowest BCUT2D eigenvalue weighted by Gasteiger charge is -2.09. The molecule has 0 radical (unpaired) electrons. The van der Waals surface area contributed by atoms with Crippen molar-refractivity contribution in [1.82, 2.24) is 0 Å². The van der Waals surface area contributed by atoms with Crippen LogP contribution in [0.15, 0.2) is 60.7 Å². The van der Waals surface area contributed by atoms with Crippen molar-refractivity contribution in [3.05, 3.63) is 71.8 Å². The summed E-state index contributed by atoms with van der Waals surface area (Å²) >= 11 is 0. The van der Waals surface area contributed by atoms with Gasteiger partial charge in [-0.2, -0.15) is 0 Å². The highest BCUT2D eigenvalue weighted by atomic mass is 16.5. The Morgan fingerprint density at radius 1 is 1.04 bits per heavy atom. The number of benzene rings is 3. The second-order valence-corrected chi connectivity index (χ2v) is 5.32. The van der Waals surface area contributed by atoms with E-state index in [9.17, 15) is 15.0 Å². The van der Waals surface area contributed by atoms with Crippen LogP contribution in [0.4, 0.5) is 0 Å². The van der Waals surface area contributed by atoms with Gasteiger partial charge in [-0.3, -0.25) is 0 Å². The summed E-state index contributed by atoms with van der Waals surface area (Å²) in [4.78, 5) is 11.8. The Bertz CT molecular complexity index is 936. The molecular weight excluding hydrogens is 304 g/mol. The minimum Gasteiger partial charge on any atom is -0.504 e. The molecule has 0 atom stereocenters. The predicted molar refractivity (Wildman–Crippen MR) is 94.1 cm³/mol. The topological polar surface area (TPSA) is 66.8 Å². The molecule has 3 aromatic rings. The van der Waals surface area contributed by atoms with Gasteiger partial charge in [-0.05, 0) is 40.1 Å². The SMILES string of the molecule is COc1cc(C=C(C(=O)O)c2cccc3ccccc23)ccc1O. The van der Waals surface area contributed by atoms with Crippen molar-refractivity contribution in [3.8, 4) is 11.5 Å². The van der Waals surface area contributed by atoms with E-state index in [0.717, 1.165) is 10.8 Å². The van der Waals surface area contributed by atoms with Crippen LogP contribution in [0, 0.1) is 0 Å². The molecule has 0 bridgehead atoms. The first-order valence-corrected chi connectivity index (χ1v) is 7.40. The number of hydrogen-bond acceptors (Lipinski definition) is 3. The third-order valence-corrected chi connectivity index (χ3v) is 3.82. The van der Waals surface area contributed by atoms with E-state index in [1.54, 1.807) is 24.3 Å². The van der Waals surface area contributed by atoms with Gasteiger partial charge in [0.25, 0.3) is 0 Å². The summed E-state index contributed by atoms with van der Waals surface area (Å²) in [6.07, 6.45) is 1.58. The number of rotatable bonds is 4. The first kappa shape index (κ1) is 15.6. The van der Waals surface area contributed by atoms with Crippen LogP contribution >= 0.6 is 0 Å². The molecule has 2 N–H and O–H groups in total. The van der Waals surface area contributed by atoms with Crippen LogP contribution in [0.1, 0.15) is 11.1 Å². The number of carboxylic acids is 1. The molecule has 0 amide bonds. The van der Waals surface area contributed by atoms with E-state index in [-0.39, 0.29) is 11.3 Å². The first-order valence-electron chi connectivity index (χ1n) is 7.40. The van der Waals surface area contributed by atoms with Crippen molar-refractivity contribution in [1.29, 1.82) is 0 Å².